The Morgan fingerprint density at radius 2 is 2.00 bits per heavy atom. The zero-order valence-corrected chi connectivity index (χ0v) is 15.7. The van der Waals surface area contributed by atoms with Crippen LogP contribution in [0.15, 0.2) is 15.9 Å². The largest absolute Gasteiger partial charge is 0.369 e. The van der Waals surface area contributed by atoms with Gasteiger partial charge in [0.1, 0.15) is 5.82 Å². The van der Waals surface area contributed by atoms with Crippen LogP contribution in [-0.2, 0) is 5.41 Å². The molecule has 0 aliphatic carbocycles. The fraction of sp³-hybridized carbons (Fsp3) is 0.500. The van der Waals surface area contributed by atoms with Crippen molar-refractivity contribution in [2.24, 2.45) is 0 Å². The number of nitrogens with one attached hydrogen (secondary N) is 1. The number of aromatic nitrogens is 2. The first-order chi connectivity index (χ1) is 9.84. The number of halogens is 1. The number of hydrogen-bond acceptors (Lipinski definition) is 4. The first-order valence-electron chi connectivity index (χ1n) is 7.21. The van der Waals surface area contributed by atoms with Gasteiger partial charge in [-0.05, 0) is 46.3 Å². The minimum Gasteiger partial charge on any atom is -0.369 e. The van der Waals surface area contributed by atoms with Crippen molar-refractivity contribution >= 4 is 33.1 Å². The second-order valence-corrected chi connectivity index (χ2v) is 7.88. The molecule has 2 aromatic rings. The smallest absolute Gasteiger partial charge is 0.172 e. The van der Waals surface area contributed by atoms with Crippen LogP contribution in [0.1, 0.15) is 45.4 Å². The molecule has 3 nitrogen and oxygen atoms in total. The minimum atomic E-state index is -0.0374. The molecule has 0 fully saturated rings. The molecular weight excluding hydrogens is 346 g/mol. The van der Waals surface area contributed by atoms with Crippen LogP contribution in [0, 0.1) is 6.92 Å². The number of anilines is 1. The molecule has 0 saturated heterocycles. The van der Waals surface area contributed by atoms with E-state index < -0.39 is 0 Å². The molecule has 0 bridgehead atoms. The maximum Gasteiger partial charge on any atom is 0.172 e. The van der Waals surface area contributed by atoms with Gasteiger partial charge in [0.25, 0.3) is 0 Å². The zero-order chi connectivity index (χ0) is 15.6. The summed E-state index contributed by atoms with van der Waals surface area (Å²) in [5, 5.41) is 5.49. The van der Waals surface area contributed by atoms with Crippen LogP contribution in [0.5, 0.6) is 0 Å². The highest BCUT2D eigenvalue weighted by Crippen LogP contribution is 2.36. The topological polar surface area (TPSA) is 37.8 Å². The summed E-state index contributed by atoms with van der Waals surface area (Å²) in [6.07, 6.45) is 1.06. The summed E-state index contributed by atoms with van der Waals surface area (Å²) in [6.45, 7) is 11.7. The Balaban J connectivity index is 2.59. The van der Waals surface area contributed by atoms with Crippen LogP contribution >= 0.6 is 27.3 Å². The Labute approximate surface area is 139 Å². The van der Waals surface area contributed by atoms with Gasteiger partial charge in [-0.25, -0.2) is 9.97 Å². The van der Waals surface area contributed by atoms with E-state index in [-0.39, 0.29) is 5.41 Å². The van der Waals surface area contributed by atoms with Crippen molar-refractivity contribution in [1.29, 1.82) is 0 Å². The normalized spacial score (nSPS) is 11.7. The van der Waals surface area contributed by atoms with Crippen LogP contribution in [0.4, 0.5) is 5.82 Å². The molecule has 5 heteroatoms. The van der Waals surface area contributed by atoms with E-state index >= 15 is 0 Å². The molecule has 0 unspecified atom stereocenters. The van der Waals surface area contributed by atoms with Gasteiger partial charge in [-0.15, -0.1) is 11.3 Å². The van der Waals surface area contributed by atoms with Crippen molar-refractivity contribution in [1.82, 2.24) is 9.97 Å². The minimum absolute atomic E-state index is 0.0374. The van der Waals surface area contributed by atoms with Crippen molar-refractivity contribution in [2.75, 3.05) is 11.9 Å². The van der Waals surface area contributed by atoms with Crippen LogP contribution in [0.25, 0.3) is 10.7 Å². The van der Waals surface area contributed by atoms with Gasteiger partial charge in [-0.1, -0.05) is 27.7 Å². The molecule has 0 radical (unpaired) electrons. The molecule has 2 rings (SSSR count). The lowest BCUT2D eigenvalue weighted by Crippen LogP contribution is -2.17. The van der Waals surface area contributed by atoms with Gasteiger partial charge in [0.15, 0.2) is 5.82 Å². The van der Waals surface area contributed by atoms with Crippen molar-refractivity contribution in [3.63, 3.8) is 0 Å². The maximum absolute atomic E-state index is 4.83. The second kappa shape index (κ2) is 6.44. The lowest BCUT2D eigenvalue weighted by Gasteiger charge is -2.22. The third kappa shape index (κ3) is 3.64. The van der Waals surface area contributed by atoms with Crippen LogP contribution in [-0.4, -0.2) is 16.5 Å². The number of aryl methyl sites for hydroxylation is 1. The quantitative estimate of drug-likeness (QED) is 0.786. The molecule has 0 aliphatic heterocycles. The molecule has 21 heavy (non-hydrogen) atoms. The maximum atomic E-state index is 4.83. The summed E-state index contributed by atoms with van der Waals surface area (Å²) in [7, 11) is 0. The average molecular weight is 368 g/mol. The summed E-state index contributed by atoms with van der Waals surface area (Å²) < 4.78 is 0.974. The molecule has 2 aromatic heterocycles. The monoisotopic (exact) mass is 367 g/mol. The Kier molecular flexibility index (Phi) is 5.04. The average Bonchev–Trinajstić information content (AvgIpc) is 2.82. The van der Waals surface area contributed by atoms with Crippen LogP contribution in [0.3, 0.4) is 0 Å². The SMILES string of the molecule is CCCNc1nc(-c2sccc2C)nc(C(C)(C)C)c1Br. The van der Waals surface area contributed by atoms with E-state index in [9.17, 15) is 0 Å². The molecule has 0 aromatic carbocycles. The number of thiophene rings is 1. The Morgan fingerprint density at radius 1 is 1.29 bits per heavy atom. The highest BCUT2D eigenvalue weighted by Gasteiger charge is 2.24. The van der Waals surface area contributed by atoms with Crippen molar-refractivity contribution in [3.05, 3.63) is 27.2 Å². The van der Waals surface area contributed by atoms with Gasteiger partial charge >= 0.3 is 0 Å². The van der Waals surface area contributed by atoms with Gasteiger partial charge in [0.05, 0.1) is 15.0 Å². The molecule has 1 N–H and O–H groups in total. The van der Waals surface area contributed by atoms with Crippen LogP contribution in [0.2, 0.25) is 0 Å². The summed E-state index contributed by atoms with van der Waals surface area (Å²) in [5.41, 5.74) is 2.23. The summed E-state index contributed by atoms with van der Waals surface area (Å²) >= 11 is 5.37. The zero-order valence-electron chi connectivity index (χ0n) is 13.2. The predicted molar refractivity (Wildman–Crippen MR) is 95.3 cm³/mol. The summed E-state index contributed by atoms with van der Waals surface area (Å²) in [4.78, 5) is 10.7. The van der Waals surface area contributed by atoms with E-state index in [0.717, 1.165) is 39.7 Å². The third-order valence-electron chi connectivity index (χ3n) is 3.17. The standard InChI is InChI=1S/C16H22BrN3S/c1-6-8-18-14-11(17)13(16(3,4)5)19-15(20-14)12-10(2)7-9-21-12/h7,9H,6,8H2,1-5H3,(H,18,19,20). The van der Waals surface area contributed by atoms with E-state index in [1.807, 2.05) is 0 Å². The fourth-order valence-corrected chi connectivity index (χ4v) is 3.78. The highest BCUT2D eigenvalue weighted by molar-refractivity contribution is 9.10. The highest BCUT2D eigenvalue weighted by atomic mass is 79.9. The first-order valence-corrected chi connectivity index (χ1v) is 8.88. The third-order valence-corrected chi connectivity index (χ3v) is 4.93. The predicted octanol–water partition coefficient (Wildman–Crippen LogP) is 5.40. The van der Waals surface area contributed by atoms with E-state index in [2.05, 4.69) is 67.3 Å². The lowest BCUT2D eigenvalue weighted by atomic mass is 9.92. The molecule has 0 aliphatic rings. The number of nitrogens with zero attached hydrogens (tertiary/aromatic N) is 2. The van der Waals surface area contributed by atoms with Crippen molar-refractivity contribution in [2.45, 2.75) is 46.5 Å². The van der Waals surface area contributed by atoms with Gasteiger partial charge in [-0.2, -0.15) is 0 Å². The number of hydrogen-bond donors (Lipinski definition) is 1. The second-order valence-electron chi connectivity index (χ2n) is 6.17. The molecular formula is C16H22BrN3S. The number of rotatable bonds is 4. The summed E-state index contributed by atoms with van der Waals surface area (Å²) in [5.74, 6) is 1.70. The van der Waals surface area contributed by atoms with Crippen molar-refractivity contribution < 1.29 is 0 Å². The summed E-state index contributed by atoms with van der Waals surface area (Å²) in [6, 6.07) is 2.11. The Morgan fingerprint density at radius 3 is 2.52 bits per heavy atom. The molecule has 0 atom stereocenters. The molecule has 114 valence electrons. The Hall–Kier alpha value is -0.940. The molecule has 2 heterocycles. The van der Waals surface area contributed by atoms with Gasteiger partial charge in [-0.3, -0.25) is 0 Å². The van der Waals surface area contributed by atoms with Gasteiger partial charge < -0.3 is 5.32 Å². The first kappa shape index (κ1) is 16.4. The molecule has 0 amide bonds. The Bertz CT molecular complexity index is 629. The van der Waals surface area contributed by atoms with E-state index in [0.29, 0.717) is 0 Å². The van der Waals surface area contributed by atoms with Gasteiger partial charge in [0.2, 0.25) is 0 Å². The van der Waals surface area contributed by atoms with Gasteiger partial charge in [0, 0.05) is 12.0 Å². The fourth-order valence-electron chi connectivity index (χ4n) is 2.01. The van der Waals surface area contributed by atoms with E-state index in [1.165, 1.54) is 5.56 Å². The van der Waals surface area contributed by atoms with E-state index in [1.54, 1.807) is 11.3 Å². The van der Waals surface area contributed by atoms with Crippen LogP contribution < -0.4 is 5.32 Å². The lowest BCUT2D eigenvalue weighted by molar-refractivity contribution is 0.564. The van der Waals surface area contributed by atoms with Crippen molar-refractivity contribution in [3.8, 4) is 10.7 Å². The molecule has 0 saturated carbocycles. The molecule has 0 spiro atoms. The van der Waals surface area contributed by atoms with E-state index in [4.69, 9.17) is 9.97 Å².